The number of fused-ring (bicyclic) bond motifs is 2. The van der Waals surface area contributed by atoms with E-state index in [4.69, 9.17) is 0 Å². The first-order chi connectivity index (χ1) is 15.3. The lowest BCUT2D eigenvalue weighted by Crippen LogP contribution is -2.32. The highest BCUT2D eigenvalue weighted by molar-refractivity contribution is 7.99. The zero-order valence-electron chi connectivity index (χ0n) is 18.6. The Bertz CT molecular complexity index is 1220. The Morgan fingerprint density at radius 2 is 1.59 bits per heavy atom. The van der Waals surface area contributed by atoms with Crippen LogP contribution >= 0.6 is 11.8 Å². The third-order valence-corrected chi connectivity index (χ3v) is 9.26. The number of hydrogen-bond donors (Lipinski definition) is 2. The second-order valence-electron chi connectivity index (χ2n) is 8.28. The van der Waals surface area contributed by atoms with Crippen molar-refractivity contribution in [2.45, 2.75) is 59.8 Å². The van der Waals surface area contributed by atoms with Crippen LogP contribution in [0.1, 0.15) is 55.0 Å². The van der Waals surface area contributed by atoms with Crippen LogP contribution in [0.4, 0.5) is 0 Å². The summed E-state index contributed by atoms with van der Waals surface area (Å²) in [6.07, 6.45) is 0.986. The van der Waals surface area contributed by atoms with E-state index in [1.54, 1.807) is 23.9 Å². The van der Waals surface area contributed by atoms with Gasteiger partial charge in [0.05, 0.1) is 11.0 Å². The largest absolute Gasteiger partial charge is 0.387 e. The van der Waals surface area contributed by atoms with Crippen LogP contribution in [-0.2, 0) is 15.4 Å². The predicted octanol–water partition coefficient (Wildman–Crippen LogP) is 5.58. The molecule has 1 aliphatic heterocycles. The van der Waals surface area contributed by atoms with Crippen LogP contribution in [-0.4, -0.2) is 20.1 Å². The van der Waals surface area contributed by atoms with Gasteiger partial charge in [-0.15, -0.1) is 0 Å². The normalized spacial score (nSPS) is 15.6. The molecule has 1 unspecified atom stereocenters. The van der Waals surface area contributed by atoms with Crippen molar-refractivity contribution in [3.8, 4) is 0 Å². The summed E-state index contributed by atoms with van der Waals surface area (Å²) in [6.45, 7) is 6.18. The number of rotatable bonds is 7. The quantitative estimate of drug-likeness (QED) is 0.476. The third-order valence-electron chi connectivity index (χ3n) is 6.56. The minimum Gasteiger partial charge on any atom is -0.387 e. The van der Waals surface area contributed by atoms with Crippen molar-refractivity contribution in [1.82, 2.24) is 4.72 Å². The number of aliphatic hydroxyl groups excluding tert-OH is 1. The van der Waals surface area contributed by atoms with Crippen molar-refractivity contribution < 1.29 is 13.5 Å². The van der Waals surface area contributed by atoms with Crippen LogP contribution in [0.25, 0.3) is 0 Å². The molecule has 0 spiro atoms. The number of aryl methyl sites for hydroxylation is 1. The molecule has 0 bridgehead atoms. The topological polar surface area (TPSA) is 66.4 Å². The second kappa shape index (κ2) is 9.02. The van der Waals surface area contributed by atoms with Gasteiger partial charge in [0.1, 0.15) is 0 Å². The molecule has 0 fully saturated rings. The van der Waals surface area contributed by atoms with E-state index in [0.717, 1.165) is 23.3 Å². The number of nitrogens with one attached hydrogen (secondary N) is 1. The van der Waals surface area contributed by atoms with Crippen molar-refractivity contribution in [3.63, 3.8) is 0 Å². The summed E-state index contributed by atoms with van der Waals surface area (Å²) >= 11 is 1.63. The molecule has 1 aliphatic rings. The van der Waals surface area contributed by atoms with E-state index >= 15 is 0 Å². The van der Waals surface area contributed by atoms with Gasteiger partial charge in [0.2, 0.25) is 10.0 Å². The molecule has 0 amide bonds. The van der Waals surface area contributed by atoms with Crippen molar-refractivity contribution in [2.75, 3.05) is 6.54 Å². The molecule has 4 rings (SSSR count). The van der Waals surface area contributed by atoms with E-state index in [1.807, 2.05) is 43.3 Å². The molecule has 4 nitrogen and oxygen atoms in total. The first-order valence-corrected chi connectivity index (χ1v) is 13.3. The minimum absolute atomic E-state index is 0.0767. The van der Waals surface area contributed by atoms with Crippen LogP contribution in [0.2, 0.25) is 0 Å². The first-order valence-electron chi connectivity index (χ1n) is 11.0. The molecule has 0 saturated heterocycles. The van der Waals surface area contributed by atoms with Gasteiger partial charge < -0.3 is 5.11 Å². The molecule has 6 heteroatoms. The van der Waals surface area contributed by atoms with E-state index in [9.17, 15) is 13.5 Å². The standard InChI is InChI=1S/C26H29NO3S2/c1-4-26(5-2)20-13-9-10-14-23(20)31-24-16-25(18(3)15-21(24)26)32(29,30)27-17-22(28)19-11-7-6-8-12-19/h6-16,22,27-28H,4-5,17H2,1-3H3. The average Bonchev–Trinajstić information content (AvgIpc) is 2.81. The van der Waals surface area contributed by atoms with Crippen LogP contribution in [0.3, 0.4) is 0 Å². The lowest BCUT2D eigenvalue weighted by molar-refractivity contribution is 0.182. The van der Waals surface area contributed by atoms with Gasteiger partial charge in [-0.05, 0) is 54.2 Å². The molecule has 2 N–H and O–H groups in total. The van der Waals surface area contributed by atoms with Gasteiger partial charge in [-0.2, -0.15) is 0 Å². The summed E-state index contributed by atoms with van der Waals surface area (Å²) in [5.74, 6) is 0. The molecule has 32 heavy (non-hydrogen) atoms. The Labute approximate surface area is 195 Å². The highest BCUT2D eigenvalue weighted by Gasteiger charge is 2.39. The number of aliphatic hydroxyl groups is 1. The zero-order valence-corrected chi connectivity index (χ0v) is 20.3. The van der Waals surface area contributed by atoms with Gasteiger partial charge in [0.15, 0.2) is 0 Å². The Morgan fingerprint density at radius 1 is 0.938 bits per heavy atom. The Morgan fingerprint density at radius 3 is 2.28 bits per heavy atom. The summed E-state index contributed by atoms with van der Waals surface area (Å²) in [4.78, 5) is 2.44. The molecule has 0 aliphatic carbocycles. The highest BCUT2D eigenvalue weighted by atomic mass is 32.2. The van der Waals surface area contributed by atoms with Crippen LogP contribution < -0.4 is 4.72 Å². The van der Waals surface area contributed by atoms with Gasteiger partial charge in [0.25, 0.3) is 0 Å². The number of hydrogen-bond acceptors (Lipinski definition) is 4. The van der Waals surface area contributed by atoms with E-state index < -0.39 is 16.1 Å². The Hall–Kier alpha value is -2.12. The molecule has 168 valence electrons. The second-order valence-corrected chi connectivity index (χ2v) is 11.1. The van der Waals surface area contributed by atoms with Crippen LogP contribution in [0.15, 0.2) is 81.4 Å². The smallest absolute Gasteiger partial charge is 0.240 e. The summed E-state index contributed by atoms with van der Waals surface area (Å²) in [5.41, 5.74) is 3.80. The molecular formula is C26H29NO3S2. The fourth-order valence-corrected chi connectivity index (χ4v) is 7.36. The molecule has 1 atom stereocenters. The highest BCUT2D eigenvalue weighted by Crippen LogP contribution is 2.53. The molecule has 1 heterocycles. The van der Waals surface area contributed by atoms with Gasteiger partial charge in [-0.25, -0.2) is 13.1 Å². The van der Waals surface area contributed by atoms with Gasteiger partial charge in [-0.3, -0.25) is 0 Å². The predicted molar refractivity (Wildman–Crippen MR) is 130 cm³/mol. The minimum atomic E-state index is -3.78. The molecule has 3 aromatic carbocycles. The first kappa shape index (κ1) is 23.1. The van der Waals surface area contributed by atoms with Gasteiger partial charge in [0, 0.05) is 21.8 Å². The Kier molecular flexibility index (Phi) is 6.50. The zero-order chi connectivity index (χ0) is 22.9. The monoisotopic (exact) mass is 467 g/mol. The number of sulfonamides is 1. The van der Waals surface area contributed by atoms with Crippen molar-refractivity contribution >= 4 is 21.8 Å². The lowest BCUT2D eigenvalue weighted by Gasteiger charge is -2.40. The van der Waals surface area contributed by atoms with Gasteiger partial charge >= 0.3 is 0 Å². The van der Waals surface area contributed by atoms with Crippen molar-refractivity contribution in [3.05, 3.63) is 89.0 Å². The SMILES string of the molecule is CCC1(CC)c2ccccc2Sc2cc(S(=O)(=O)NCC(O)c3ccccc3)c(C)cc21. The van der Waals surface area contributed by atoms with Gasteiger partial charge in [-0.1, -0.05) is 80.2 Å². The molecule has 0 aromatic heterocycles. The third kappa shape index (κ3) is 4.01. The van der Waals surface area contributed by atoms with Crippen molar-refractivity contribution in [2.24, 2.45) is 0 Å². The van der Waals surface area contributed by atoms with Crippen LogP contribution in [0, 0.1) is 6.92 Å². The van der Waals surface area contributed by atoms with Crippen LogP contribution in [0.5, 0.6) is 0 Å². The molecule has 0 radical (unpaired) electrons. The summed E-state index contributed by atoms with van der Waals surface area (Å²) in [5, 5.41) is 10.4. The maximum atomic E-state index is 13.2. The Balaban J connectivity index is 1.69. The average molecular weight is 468 g/mol. The fraction of sp³-hybridized carbons (Fsp3) is 0.308. The molecule has 0 saturated carbocycles. The summed E-state index contributed by atoms with van der Waals surface area (Å²) < 4.78 is 29.0. The van der Waals surface area contributed by atoms with E-state index in [-0.39, 0.29) is 16.9 Å². The van der Waals surface area contributed by atoms with E-state index in [0.29, 0.717) is 5.56 Å². The maximum Gasteiger partial charge on any atom is 0.240 e. The fourth-order valence-electron chi connectivity index (χ4n) is 4.70. The summed E-state index contributed by atoms with van der Waals surface area (Å²) in [6, 6.07) is 21.4. The lowest BCUT2D eigenvalue weighted by atomic mass is 9.70. The molecular weight excluding hydrogens is 438 g/mol. The van der Waals surface area contributed by atoms with Crippen molar-refractivity contribution in [1.29, 1.82) is 0 Å². The number of benzene rings is 3. The maximum absolute atomic E-state index is 13.2. The van der Waals surface area contributed by atoms with E-state index in [1.165, 1.54) is 16.0 Å². The summed E-state index contributed by atoms with van der Waals surface area (Å²) in [7, 11) is -3.78. The van der Waals surface area contributed by atoms with E-state index in [2.05, 4.69) is 36.8 Å². The molecule has 3 aromatic rings.